The van der Waals surface area contributed by atoms with Gasteiger partial charge in [-0.05, 0) is 135 Å². The van der Waals surface area contributed by atoms with Gasteiger partial charge in [-0.2, -0.15) is 58.7 Å². The van der Waals surface area contributed by atoms with E-state index in [9.17, 15) is 0 Å². The molecule has 77 heavy (non-hydrogen) atoms. The Morgan fingerprint density at radius 2 is 0.701 bits per heavy atom. The van der Waals surface area contributed by atoms with Crippen molar-refractivity contribution in [2.45, 2.75) is 0 Å². The van der Waals surface area contributed by atoms with E-state index in [1.165, 1.54) is 32.3 Å². The van der Waals surface area contributed by atoms with Crippen LogP contribution in [-0.4, -0.2) is 24.5 Å². The summed E-state index contributed by atoms with van der Waals surface area (Å²) >= 11 is 0. The smallest absolute Gasteiger partial charge is 0.304 e. The van der Waals surface area contributed by atoms with Gasteiger partial charge in [-0.3, -0.25) is 9.36 Å². The maximum absolute atomic E-state index is 5.14. The molecule has 0 atom stereocenters. The minimum absolute atomic E-state index is 0. The van der Waals surface area contributed by atoms with E-state index in [4.69, 9.17) is 15.2 Å². The number of fused-ring (bicyclic) bond motifs is 6. The van der Waals surface area contributed by atoms with Gasteiger partial charge in [-0.15, -0.1) is 47.5 Å². The van der Waals surface area contributed by atoms with E-state index >= 15 is 0 Å². The Morgan fingerprint density at radius 1 is 0.286 bits per heavy atom. The SMILES string of the molecule is [Ir+3].[c-]1ccc(-c2ccc3c4ccccc4c4ccccc4c3c2)cc1-c1ccc(-c2ccccc2-c2cc(-c3ccccc3-c3cnn(-c4[c-]cccc4)c3)cc(-c3ccccc3-c3cnn(-c4[c-]cccc4)c3)c2)cn1. The minimum Gasteiger partial charge on any atom is -0.304 e. The van der Waals surface area contributed by atoms with Gasteiger partial charge in [-0.25, -0.2) is 0 Å². The molecule has 0 amide bonds. The maximum Gasteiger partial charge on any atom is 3.00 e. The number of pyridine rings is 1. The second kappa shape index (κ2) is 20.3. The van der Waals surface area contributed by atoms with E-state index in [0.29, 0.717) is 0 Å². The summed E-state index contributed by atoms with van der Waals surface area (Å²) < 4.78 is 3.77. The van der Waals surface area contributed by atoms with Crippen LogP contribution < -0.4 is 0 Å². The van der Waals surface area contributed by atoms with E-state index < -0.39 is 0 Å². The molecule has 0 bridgehead atoms. The van der Waals surface area contributed by atoms with Crippen LogP contribution in [-0.2, 0) is 20.1 Å². The molecule has 0 N–H and O–H groups in total. The Kier molecular flexibility index (Phi) is 12.4. The average Bonchev–Trinajstić information content (AvgIpc) is 4.27. The van der Waals surface area contributed by atoms with Crippen molar-refractivity contribution in [3.05, 3.63) is 286 Å². The quantitative estimate of drug-likeness (QED) is 0.101. The third-order valence-corrected chi connectivity index (χ3v) is 14.5. The predicted molar refractivity (Wildman–Crippen MR) is 311 cm³/mol. The van der Waals surface area contributed by atoms with Crippen LogP contribution in [0.25, 0.3) is 133 Å². The number of hydrogen-bond acceptors (Lipinski definition) is 3. The first-order valence-electron chi connectivity index (χ1n) is 25.5. The molecular formula is C71H44IrN5. The van der Waals surface area contributed by atoms with Crippen LogP contribution in [0.1, 0.15) is 0 Å². The van der Waals surface area contributed by atoms with Gasteiger partial charge in [0.05, 0.1) is 12.4 Å². The molecule has 5 nitrogen and oxygen atoms in total. The average molecular weight is 1160 g/mol. The minimum atomic E-state index is 0. The van der Waals surface area contributed by atoms with Crippen LogP contribution in [0.15, 0.2) is 268 Å². The Labute approximate surface area is 460 Å². The monoisotopic (exact) mass is 1160 g/mol. The molecular weight excluding hydrogens is 1120 g/mol. The van der Waals surface area contributed by atoms with Gasteiger partial charge in [0.25, 0.3) is 0 Å². The van der Waals surface area contributed by atoms with Gasteiger partial charge in [0.1, 0.15) is 0 Å². The Hall–Kier alpha value is -9.58. The molecule has 0 aliphatic rings. The van der Waals surface area contributed by atoms with Crippen LogP contribution >= 0.6 is 0 Å². The molecule has 6 heteroatoms. The number of benzene rings is 11. The number of aromatic nitrogens is 5. The Balaban J connectivity index is 0.00000566. The standard InChI is InChI=1S/C71H44N5.Ir/c1-3-20-57(21-4-1)75-46-55(44-73-75)63-28-11-9-26-61(63)53-39-52(40-54(41-53)62-27-10-12-29-64(62)56-45-74-76(47-56)58-22-5-2-6-23-58)60-25-8-7-24-59(60)51-35-37-71(72-43-51)50-19-17-18-48(38-50)49-34-36-69-67-32-14-13-30-65(67)66-31-15-16-33-68(66)70(69)42-49;/h1-18,20,22,24-47H;/q-3;+3. The summed E-state index contributed by atoms with van der Waals surface area (Å²) in [5, 5.41) is 17.1. The van der Waals surface area contributed by atoms with E-state index in [-0.39, 0.29) is 20.1 Å². The second-order valence-electron chi connectivity index (χ2n) is 19.1. The largest absolute Gasteiger partial charge is 3.00 e. The van der Waals surface area contributed by atoms with Gasteiger partial charge in [0.15, 0.2) is 0 Å². The van der Waals surface area contributed by atoms with Gasteiger partial charge >= 0.3 is 20.1 Å². The third kappa shape index (κ3) is 8.86. The van der Waals surface area contributed by atoms with Crippen molar-refractivity contribution in [2.24, 2.45) is 0 Å². The van der Waals surface area contributed by atoms with Gasteiger partial charge in [0, 0.05) is 29.7 Å². The molecule has 0 fully saturated rings. The normalized spacial score (nSPS) is 11.3. The molecule has 3 aromatic heterocycles. The molecule has 0 aliphatic heterocycles. The zero-order chi connectivity index (χ0) is 50.4. The van der Waals surface area contributed by atoms with Crippen molar-refractivity contribution in [3.63, 3.8) is 0 Å². The fourth-order valence-corrected chi connectivity index (χ4v) is 10.9. The zero-order valence-electron chi connectivity index (χ0n) is 41.5. The molecule has 14 rings (SSSR count). The maximum atomic E-state index is 5.14. The summed E-state index contributed by atoms with van der Waals surface area (Å²) in [4.78, 5) is 5.14. The van der Waals surface area contributed by atoms with E-state index in [1.54, 1.807) is 0 Å². The molecule has 362 valence electrons. The number of para-hydroxylation sites is 2. The van der Waals surface area contributed by atoms with Crippen LogP contribution in [0, 0.1) is 18.2 Å². The number of hydrogen-bond donors (Lipinski definition) is 0. The van der Waals surface area contributed by atoms with Crippen molar-refractivity contribution in [1.29, 1.82) is 0 Å². The van der Waals surface area contributed by atoms with E-state index in [2.05, 4.69) is 213 Å². The molecule has 0 spiro atoms. The first kappa shape index (κ1) is 47.2. The van der Waals surface area contributed by atoms with Gasteiger partial charge < -0.3 is 4.98 Å². The fraction of sp³-hybridized carbons (Fsp3) is 0. The second-order valence-corrected chi connectivity index (χ2v) is 19.1. The molecule has 0 saturated heterocycles. The summed E-state index contributed by atoms with van der Waals surface area (Å²) in [6.07, 6.45) is 10.0. The first-order chi connectivity index (χ1) is 37.7. The van der Waals surface area contributed by atoms with Crippen LogP contribution in [0.2, 0.25) is 0 Å². The van der Waals surface area contributed by atoms with Crippen molar-refractivity contribution in [1.82, 2.24) is 24.5 Å². The summed E-state index contributed by atoms with van der Waals surface area (Å²) in [7, 11) is 0. The van der Waals surface area contributed by atoms with Crippen molar-refractivity contribution >= 4 is 32.3 Å². The van der Waals surface area contributed by atoms with Gasteiger partial charge in [-0.1, -0.05) is 146 Å². The number of nitrogens with zero attached hydrogens (tertiary/aromatic N) is 5. The summed E-state index contributed by atoms with van der Waals surface area (Å²) in [5.74, 6) is 0. The predicted octanol–water partition coefficient (Wildman–Crippen LogP) is 17.6. The number of rotatable bonds is 10. The molecule has 11 aromatic carbocycles. The molecule has 0 saturated carbocycles. The van der Waals surface area contributed by atoms with Crippen molar-refractivity contribution in [3.8, 4) is 101 Å². The molecule has 0 radical (unpaired) electrons. The summed E-state index contributed by atoms with van der Waals surface area (Å²) in [6, 6.07) is 93.7. The van der Waals surface area contributed by atoms with E-state index in [0.717, 1.165) is 101 Å². The first-order valence-corrected chi connectivity index (χ1v) is 25.5. The van der Waals surface area contributed by atoms with Crippen LogP contribution in [0.4, 0.5) is 0 Å². The van der Waals surface area contributed by atoms with Crippen molar-refractivity contribution < 1.29 is 20.1 Å². The van der Waals surface area contributed by atoms with Crippen molar-refractivity contribution in [2.75, 3.05) is 0 Å². The zero-order valence-corrected chi connectivity index (χ0v) is 43.9. The van der Waals surface area contributed by atoms with E-state index in [1.807, 2.05) is 82.6 Å². The topological polar surface area (TPSA) is 48.5 Å². The summed E-state index contributed by atoms with van der Waals surface area (Å²) in [5.41, 5.74) is 18.7. The molecule has 14 aromatic rings. The molecule has 0 aliphatic carbocycles. The Bertz CT molecular complexity index is 4290. The molecule has 3 heterocycles. The van der Waals surface area contributed by atoms with Gasteiger partial charge in [0.2, 0.25) is 0 Å². The third-order valence-electron chi connectivity index (χ3n) is 14.5. The van der Waals surface area contributed by atoms with Crippen LogP contribution in [0.3, 0.4) is 0 Å². The molecule has 0 unspecified atom stereocenters. The fourth-order valence-electron chi connectivity index (χ4n) is 10.9. The summed E-state index contributed by atoms with van der Waals surface area (Å²) in [6.45, 7) is 0. The Morgan fingerprint density at radius 3 is 1.17 bits per heavy atom. The van der Waals surface area contributed by atoms with Crippen LogP contribution in [0.5, 0.6) is 0 Å².